The molecule has 1 atom stereocenters. The molecular weight excluding hydrogens is 218 g/mol. The zero-order valence-corrected chi connectivity index (χ0v) is 9.97. The number of nitriles is 1. The Balaban J connectivity index is 2.68. The van der Waals surface area contributed by atoms with E-state index in [0.29, 0.717) is 24.3 Å². The van der Waals surface area contributed by atoms with Gasteiger partial charge in [-0.2, -0.15) is 5.26 Å². The van der Waals surface area contributed by atoms with Gasteiger partial charge in [-0.15, -0.1) is 0 Å². The van der Waals surface area contributed by atoms with Gasteiger partial charge in [-0.1, -0.05) is 6.92 Å². The number of benzene rings is 1. The molecule has 0 aliphatic carbocycles. The molecule has 0 N–H and O–H groups in total. The molecule has 1 aromatic rings. The zero-order valence-electron chi connectivity index (χ0n) is 9.97. The van der Waals surface area contributed by atoms with E-state index in [4.69, 9.17) is 14.7 Å². The molecule has 1 aromatic carbocycles. The van der Waals surface area contributed by atoms with Crippen molar-refractivity contribution in [3.63, 3.8) is 0 Å². The van der Waals surface area contributed by atoms with Crippen LogP contribution in [0.4, 0.5) is 0 Å². The van der Waals surface area contributed by atoms with E-state index in [1.54, 1.807) is 31.2 Å². The first-order valence-corrected chi connectivity index (χ1v) is 5.54. The van der Waals surface area contributed by atoms with E-state index >= 15 is 0 Å². The van der Waals surface area contributed by atoms with Crippen LogP contribution in [0.1, 0.15) is 30.6 Å². The van der Waals surface area contributed by atoms with Gasteiger partial charge in [0.1, 0.15) is 11.8 Å². The third-order valence-corrected chi connectivity index (χ3v) is 2.16. The maximum absolute atomic E-state index is 11.4. The number of nitrogens with zero attached hydrogens (tertiary/aromatic N) is 1. The lowest BCUT2D eigenvalue weighted by Gasteiger charge is -2.10. The van der Waals surface area contributed by atoms with Crippen molar-refractivity contribution in [2.75, 3.05) is 6.61 Å². The summed E-state index contributed by atoms with van der Waals surface area (Å²) >= 11 is 0. The zero-order chi connectivity index (χ0) is 12.7. The average Bonchev–Trinajstić information content (AvgIpc) is 2.37. The van der Waals surface area contributed by atoms with Gasteiger partial charge < -0.3 is 9.47 Å². The molecule has 1 rings (SSSR count). The van der Waals surface area contributed by atoms with Crippen LogP contribution in [0.15, 0.2) is 24.3 Å². The summed E-state index contributed by atoms with van der Waals surface area (Å²) in [5.41, 5.74) is 0.476. The van der Waals surface area contributed by atoms with Crippen LogP contribution in [0.25, 0.3) is 0 Å². The predicted molar refractivity (Wildman–Crippen MR) is 62.7 cm³/mol. The topological polar surface area (TPSA) is 59.3 Å². The predicted octanol–water partition coefficient (Wildman–Crippen LogP) is 2.54. The molecule has 0 saturated heterocycles. The van der Waals surface area contributed by atoms with Crippen molar-refractivity contribution < 1.29 is 14.3 Å². The lowest BCUT2D eigenvalue weighted by atomic mass is 10.2. The van der Waals surface area contributed by atoms with E-state index in [-0.39, 0.29) is 5.97 Å². The molecule has 0 saturated carbocycles. The minimum Gasteiger partial charge on any atom is -0.476 e. The summed E-state index contributed by atoms with van der Waals surface area (Å²) in [5.74, 6) is 0.220. The Bertz CT molecular complexity index is 406. The van der Waals surface area contributed by atoms with E-state index in [2.05, 4.69) is 0 Å². The van der Waals surface area contributed by atoms with Crippen molar-refractivity contribution in [1.29, 1.82) is 5.26 Å². The van der Waals surface area contributed by atoms with Gasteiger partial charge in [-0.3, -0.25) is 0 Å². The number of esters is 1. The van der Waals surface area contributed by atoms with E-state index in [1.807, 2.05) is 13.0 Å². The SMILES string of the molecule is CCOC(=O)c1ccc(OC(C#N)CC)cc1. The summed E-state index contributed by atoms with van der Waals surface area (Å²) < 4.78 is 10.3. The third-order valence-electron chi connectivity index (χ3n) is 2.16. The fourth-order valence-electron chi connectivity index (χ4n) is 1.25. The maximum atomic E-state index is 11.4. The van der Waals surface area contributed by atoms with Gasteiger partial charge in [0, 0.05) is 0 Å². The second kappa shape index (κ2) is 6.54. The molecule has 0 aliphatic heterocycles. The van der Waals surface area contributed by atoms with E-state index in [9.17, 15) is 4.79 Å². The van der Waals surface area contributed by atoms with Gasteiger partial charge in [-0.05, 0) is 37.6 Å². The summed E-state index contributed by atoms with van der Waals surface area (Å²) in [7, 11) is 0. The highest BCUT2D eigenvalue weighted by molar-refractivity contribution is 5.89. The summed E-state index contributed by atoms with van der Waals surface area (Å²) in [5, 5.41) is 8.75. The number of ether oxygens (including phenoxy) is 2. The molecule has 1 unspecified atom stereocenters. The van der Waals surface area contributed by atoms with Crippen LogP contribution in [0.3, 0.4) is 0 Å². The minimum absolute atomic E-state index is 0.351. The lowest BCUT2D eigenvalue weighted by Crippen LogP contribution is -2.12. The van der Waals surface area contributed by atoms with Gasteiger partial charge in [0.15, 0.2) is 6.10 Å². The average molecular weight is 233 g/mol. The van der Waals surface area contributed by atoms with Crippen LogP contribution in [-0.2, 0) is 4.74 Å². The van der Waals surface area contributed by atoms with Crippen molar-refractivity contribution in [3.8, 4) is 11.8 Å². The first-order chi connectivity index (χ1) is 8.21. The van der Waals surface area contributed by atoms with Crippen molar-refractivity contribution in [1.82, 2.24) is 0 Å². The first kappa shape index (κ1) is 13.0. The number of hydrogen-bond donors (Lipinski definition) is 0. The Morgan fingerprint density at radius 1 is 1.35 bits per heavy atom. The Labute approximate surface area is 101 Å². The second-order valence-corrected chi connectivity index (χ2v) is 3.39. The van der Waals surface area contributed by atoms with Crippen LogP contribution in [0, 0.1) is 11.3 Å². The Hall–Kier alpha value is -2.02. The first-order valence-electron chi connectivity index (χ1n) is 5.54. The number of hydrogen-bond acceptors (Lipinski definition) is 4. The number of rotatable bonds is 5. The van der Waals surface area contributed by atoms with Gasteiger partial charge in [-0.25, -0.2) is 4.79 Å². The van der Waals surface area contributed by atoms with Crippen molar-refractivity contribution in [2.45, 2.75) is 26.4 Å². The molecular formula is C13H15NO3. The maximum Gasteiger partial charge on any atom is 0.338 e. The van der Waals surface area contributed by atoms with Gasteiger partial charge >= 0.3 is 5.97 Å². The van der Waals surface area contributed by atoms with Crippen LogP contribution in [0.2, 0.25) is 0 Å². The quantitative estimate of drug-likeness (QED) is 0.733. The van der Waals surface area contributed by atoms with Crippen LogP contribution in [0.5, 0.6) is 5.75 Å². The molecule has 0 fully saturated rings. The lowest BCUT2D eigenvalue weighted by molar-refractivity contribution is 0.0526. The third kappa shape index (κ3) is 3.80. The minimum atomic E-state index is -0.455. The smallest absolute Gasteiger partial charge is 0.338 e. The molecule has 0 amide bonds. The molecule has 4 nitrogen and oxygen atoms in total. The van der Waals surface area contributed by atoms with Crippen LogP contribution >= 0.6 is 0 Å². The Morgan fingerprint density at radius 2 is 2.00 bits per heavy atom. The number of carbonyl (C=O) groups is 1. The second-order valence-electron chi connectivity index (χ2n) is 3.39. The highest BCUT2D eigenvalue weighted by atomic mass is 16.5. The highest BCUT2D eigenvalue weighted by Gasteiger charge is 2.08. The summed E-state index contributed by atoms with van der Waals surface area (Å²) in [6.45, 7) is 3.98. The molecule has 0 spiro atoms. The summed E-state index contributed by atoms with van der Waals surface area (Å²) in [6.07, 6.45) is 0.166. The van der Waals surface area contributed by atoms with E-state index < -0.39 is 6.10 Å². The monoisotopic (exact) mass is 233 g/mol. The van der Waals surface area contributed by atoms with Gasteiger partial charge in [0.05, 0.1) is 12.2 Å². The molecule has 0 radical (unpaired) electrons. The highest BCUT2D eigenvalue weighted by Crippen LogP contribution is 2.15. The van der Waals surface area contributed by atoms with Crippen molar-refractivity contribution in [2.24, 2.45) is 0 Å². The van der Waals surface area contributed by atoms with E-state index in [0.717, 1.165) is 0 Å². The van der Waals surface area contributed by atoms with Crippen LogP contribution < -0.4 is 4.74 Å². The molecule has 0 aliphatic rings. The fourth-order valence-corrected chi connectivity index (χ4v) is 1.25. The standard InChI is InChI=1S/C13H15NO3/c1-3-11(9-14)17-12-7-5-10(6-8-12)13(15)16-4-2/h5-8,11H,3-4H2,1-2H3. The molecule has 4 heteroatoms. The normalized spacial score (nSPS) is 11.4. The number of carbonyl (C=O) groups excluding carboxylic acids is 1. The van der Waals surface area contributed by atoms with Crippen molar-refractivity contribution in [3.05, 3.63) is 29.8 Å². The largest absolute Gasteiger partial charge is 0.476 e. The van der Waals surface area contributed by atoms with Crippen molar-refractivity contribution >= 4 is 5.97 Å². The Morgan fingerprint density at radius 3 is 2.47 bits per heavy atom. The summed E-state index contributed by atoms with van der Waals surface area (Å²) in [6, 6.07) is 8.61. The molecule has 0 heterocycles. The molecule has 0 aromatic heterocycles. The molecule has 17 heavy (non-hydrogen) atoms. The molecule has 90 valence electrons. The van der Waals surface area contributed by atoms with Gasteiger partial charge in [0.25, 0.3) is 0 Å². The summed E-state index contributed by atoms with van der Waals surface area (Å²) in [4.78, 5) is 11.4. The van der Waals surface area contributed by atoms with Crippen LogP contribution in [-0.4, -0.2) is 18.7 Å². The Kier molecular flexibility index (Phi) is 5.02. The fraction of sp³-hybridized carbons (Fsp3) is 0.385. The molecule has 0 bridgehead atoms. The van der Waals surface area contributed by atoms with Gasteiger partial charge in [0.2, 0.25) is 0 Å². The van der Waals surface area contributed by atoms with E-state index in [1.165, 1.54) is 0 Å².